The molecule has 2 heterocycles. The summed E-state index contributed by atoms with van der Waals surface area (Å²) in [4.78, 5) is 6.87. The van der Waals surface area contributed by atoms with E-state index in [1.807, 2.05) is 18.2 Å². The Hall–Kier alpha value is -1.58. The molecule has 0 aliphatic heterocycles. The van der Waals surface area contributed by atoms with Crippen molar-refractivity contribution in [1.82, 2.24) is 14.3 Å². The van der Waals surface area contributed by atoms with E-state index in [1.54, 1.807) is 0 Å². The molecule has 2 aromatic heterocycles. The molecule has 0 amide bonds. The molecule has 0 bridgehead atoms. The van der Waals surface area contributed by atoms with Crippen molar-refractivity contribution in [2.45, 2.75) is 13.5 Å². The van der Waals surface area contributed by atoms with Crippen molar-refractivity contribution in [1.29, 1.82) is 0 Å². The molecule has 98 valence electrons. The fourth-order valence-corrected chi connectivity index (χ4v) is 2.63. The lowest BCUT2D eigenvalue weighted by Crippen LogP contribution is -2.13. The molecule has 3 rings (SSSR count). The van der Waals surface area contributed by atoms with Crippen molar-refractivity contribution in [3.63, 3.8) is 0 Å². The largest absolute Gasteiger partial charge is 0.304 e. The summed E-state index contributed by atoms with van der Waals surface area (Å²) in [7, 11) is 4.14. The smallest absolute Gasteiger partial charge is 0.145 e. The van der Waals surface area contributed by atoms with Crippen LogP contribution in [0.2, 0.25) is 5.02 Å². The van der Waals surface area contributed by atoms with Gasteiger partial charge in [0.05, 0.1) is 11.4 Å². The second kappa shape index (κ2) is 4.51. The van der Waals surface area contributed by atoms with E-state index in [0.717, 1.165) is 33.7 Å². The first-order valence-electron chi connectivity index (χ1n) is 6.27. The highest BCUT2D eigenvalue weighted by molar-refractivity contribution is 6.31. The van der Waals surface area contributed by atoms with Gasteiger partial charge >= 0.3 is 0 Å². The number of benzene rings is 1. The summed E-state index contributed by atoms with van der Waals surface area (Å²) in [6.07, 6.45) is 2.08. The third kappa shape index (κ3) is 2.09. The van der Waals surface area contributed by atoms with E-state index in [1.165, 1.54) is 5.69 Å². The van der Waals surface area contributed by atoms with E-state index in [0.29, 0.717) is 0 Å². The number of fused-ring (bicyclic) bond motifs is 3. The van der Waals surface area contributed by atoms with Gasteiger partial charge in [-0.1, -0.05) is 11.6 Å². The predicted octanol–water partition coefficient (Wildman–Crippen LogP) is 3.51. The van der Waals surface area contributed by atoms with Gasteiger partial charge < -0.3 is 9.30 Å². The highest BCUT2D eigenvalue weighted by Gasteiger charge is 2.11. The van der Waals surface area contributed by atoms with Crippen LogP contribution in [0, 0.1) is 6.92 Å². The second-order valence-corrected chi connectivity index (χ2v) is 5.56. The van der Waals surface area contributed by atoms with E-state index in [-0.39, 0.29) is 0 Å². The number of aromatic nitrogens is 2. The number of pyridine rings is 1. The lowest BCUT2D eigenvalue weighted by molar-refractivity contribution is 0.394. The molecule has 0 saturated carbocycles. The van der Waals surface area contributed by atoms with Crippen molar-refractivity contribution in [2.75, 3.05) is 14.1 Å². The average molecular weight is 274 g/mol. The van der Waals surface area contributed by atoms with Crippen molar-refractivity contribution >= 4 is 28.0 Å². The van der Waals surface area contributed by atoms with Gasteiger partial charge in [0.15, 0.2) is 0 Å². The molecule has 3 nitrogen and oxygen atoms in total. The maximum atomic E-state index is 6.04. The molecule has 0 aliphatic carbocycles. The monoisotopic (exact) mass is 273 g/mol. The quantitative estimate of drug-likeness (QED) is 0.712. The first kappa shape index (κ1) is 12.5. The van der Waals surface area contributed by atoms with E-state index in [4.69, 9.17) is 16.6 Å². The van der Waals surface area contributed by atoms with Crippen LogP contribution in [0.15, 0.2) is 30.5 Å². The van der Waals surface area contributed by atoms with Gasteiger partial charge in [0.1, 0.15) is 5.65 Å². The molecule has 19 heavy (non-hydrogen) atoms. The highest BCUT2D eigenvalue weighted by Crippen LogP contribution is 2.25. The first-order chi connectivity index (χ1) is 9.06. The molecule has 1 aromatic carbocycles. The maximum Gasteiger partial charge on any atom is 0.145 e. The summed E-state index contributed by atoms with van der Waals surface area (Å²) >= 11 is 6.04. The zero-order valence-corrected chi connectivity index (χ0v) is 12.1. The standard InChI is InChI=1S/C15H16ClN3/c1-10-14(9-18(2)3)19-7-6-11-8-12(16)4-5-13(11)15(19)17-10/h4-8H,9H2,1-3H3. The number of rotatable bonds is 2. The van der Waals surface area contributed by atoms with Crippen molar-refractivity contribution in [3.8, 4) is 0 Å². The zero-order valence-electron chi connectivity index (χ0n) is 11.3. The number of imidazole rings is 1. The van der Waals surface area contributed by atoms with Gasteiger partial charge in [-0.25, -0.2) is 4.98 Å². The van der Waals surface area contributed by atoms with Gasteiger partial charge in [0.25, 0.3) is 0 Å². The highest BCUT2D eigenvalue weighted by atomic mass is 35.5. The summed E-state index contributed by atoms with van der Waals surface area (Å²) in [6.45, 7) is 2.94. The number of hydrogen-bond acceptors (Lipinski definition) is 2. The topological polar surface area (TPSA) is 20.5 Å². The zero-order chi connectivity index (χ0) is 13.6. The Morgan fingerprint density at radius 1 is 1.26 bits per heavy atom. The number of halogens is 1. The van der Waals surface area contributed by atoms with E-state index in [9.17, 15) is 0 Å². The van der Waals surface area contributed by atoms with Crippen LogP contribution in [0.3, 0.4) is 0 Å². The fraction of sp³-hybridized carbons (Fsp3) is 0.267. The summed E-state index contributed by atoms with van der Waals surface area (Å²) in [5, 5.41) is 3.02. The minimum Gasteiger partial charge on any atom is -0.304 e. The van der Waals surface area contributed by atoms with Crippen LogP contribution in [0.1, 0.15) is 11.4 Å². The van der Waals surface area contributed by atoms with Gasteiger partial charge in [-0.15, -0.1) is 0 Å². The van der Waals surface area contributed by atoms with Crippen molar-refractivity contribution < 1.29 is 0 Å². The molecular weight excluding hydrogens is 258 g/mol. The molecule has 3 aromatic rings. The van der Waals surface area contributed by atoms with E-state index in [2.05, 4.69) is 42.6 Å². The van der Waals surface area contributed by atoms with Crippen LogP contribution in [-0.4, -0.2) is 28.4 Å². The Labute approximate surface area is 117 Å². The minimum atomic E-state index is 0.758. The van der Waals surface area contributed by atoms with Crippen molar-refractivity contribution in [2.24, 2.45) is 0 Å². The lowest BCUT2D eigenvalue weighted by Gasteiger charge is -2.10. The molecule has 0 aliphatic rings. The third-order valence-electron chi connectivity index (χ3n) is 3.33. The van der Waals surface area contributed by atoms with Crippen LogP contribution in [0.25, 0.3) is 16.4 Å². The summed E-state index contributed by atoms with van der Waals surface area (Å²) < 4.78 is 2.17. The normalized spacial score (nSPS) is 11.8. The summed E-state index contributed by atoms with van der Waals surface area (Å²) in [5.74, 6) is 0. The van der Waals surface area contributed by atoms with Gasteiger partial charge in [0, 0.05) is 23.2 Å². The van der Waals surface area contributed by atoms with Crippen LogP contribution >= 0.6 is 11.6 Å². The Balaban J connectivity index is 2.32. The number of nitrogens with zero attached hydrogens (tertiary/aromatic N) is 3. The third-order valence-corrected chi connectivity index (χ3v) is 3.57. The number of aryl methyl sites for hydroxylation is 1. The Morgan fingerprint density at radius 2 is 2.05 bits per heavy atom. The second-order valence-electron chi connectivity index (χ2n) is 5.12. The predicted molar refractivity (Wildman–Crippen MR) is 79.8 cm³/mol. The van der Waals surface area contributed by atoms with Gasteiger partial charge in [0.2, 0.25) is 0 Å². The summed E-state index contributed by atoms with van der Waals surface area (Å²) in [6, 6.07) is 8.03. The number of hydrogen-bond donors (Lipinski definition) is 0. The van der Waals surface area contributed by atoms with Crippen LogP contribution in [0.4, 0.5) is 0 Å². The fourth-order valence-electron chi connectivity index (χ4n) is 2.45. The lowest BCUT2D eigenvalue weighted by atomic mass is 10.2. The Kier molecular flexibility index (Phi) is 2.96. The molecule has 0 atom stereocenters. The van der Waals surface area contributed by atoms with E-state index < -0.39 is 0 Å². The van der Waals surface area contributed by atoms with E-state index >= 15 is 0 Å². The molecular formula is C15H16ClN3. The average Bonchev–Trinajstić information content (AvgIpc) is 2.65. The van der Waals surface area contributed by atoms with Crippen LogP contribution in [0.5, 0.6) is 0 Å². The molecule has 0 radical (unpaired) electrons. The summed E-state index contributed by atoms with van der Waals surface area (Å²) in [5.41, 5.74) is 3.32. The van der Waals surface area contributed by atoms with Gasteiger partial charge in [-0.3, -0.25) is 0 Å². The molecule has 0 saturated heterocycles. The SMILES string of the molecule is Cc1nc2c3ccc(Cl)cc3ccn2c1CN(C)C. The van der Waals surface area contributed by atoms with Crippen molar-refractivity contribution in [3.05, 3.63) is 46.9 Å². The van der Waals surface area contributed by atoms with Gasteiger partial charge in [-0.05, 0) is 50.7 Å². The van der Waals surface area contributed by atoms with Gasteiger partial charge in [-0.2, -0.15) is 0 Å². The molecule has 0 spiro atoms. The Morgan fingerprint density at radius 3 is 2.79 bits per heavy atom. The molecule has 0 N–H and O–H groups in total. The maximum absolute atomic E-state index is 6.04. The minimum absolute atomic E-state index is 0.758. The Bertz CT molecular complexity index is 759. The molecule has 4 heteroatoms. The first-order valence-corrected chi connectivity index (χ1v) is 6.64. The molecule has 0 unspecified atom stereocenters. The van der Waals surface area contributed by atoms with Crippen LogP contribution in [-0.2, 0) is 6.54 Å². The van der Waals surface area contributed by atoms with Crippen LogP contribution < -0.4 is 0 Å². The molecule has 0 fully saturated rings.